The largest absolute Gasteiger partial charge is 0.573 e. The van der Waals surface area contributed by atoms with Crippen LogP contribution in [-0.4, -0.2) is 20.7 Å². The van der Waals surface area contributed by atoms with Crippen LogP contribution in [0.15, 0.2) is 65.6 Å². The summed E-state index contributed by atoms with van der Waals surface area (Å²) in [6.07, 6.45) is -4.87. The second-order valence-corrected chi connectivity index (χ2v) is 8.36. The zero-order valence-electron chi connectivity index (χ0n) is 16.6. The number of aryl methyl sites for hydroxylation is 1. The van der Waals surface area contributed by atoms with Crippen molar-refractivity contribution in [2.24, 2.45) is 5.14 Å². The molecule has 0 aliphatic heterocycles. The average molecular weight is 465 g/mol. The van der Waals surface area contributed by atoms with Gasteiger partial charge in [-0.05, 0) is 48.9 Å². The van der Waals surface area contributed by atoms with Gasteiger partial charge in [0.2, 0.25) is 10.0 Å². The molecule has 0 saturated heterocycles. The van der Waals surface area contributed by atoms with Gasteiger partial charge >= 0.3 is 6.36 Å². The van der Waals surface area contributed by atoms with E-state index in [9.17, 15) is 26.4 Å². The molecule has 32 heavy (non-hydrogen) atoms. The Morgan fingerprint density at radius 2 is 1.69 bits per heavy atom. The number of nitrogens with one attached hydrogen (secondary N) is 1. The molecule has 11 heteroatoms. The van der Waals surface area contributed by atoms with E-state index in [0.717, 1.165) is 0 Å². The number of rotatable bonds is 5. The Morgan fingerprint density at radius 3 is 2.28 bits per heavy atom. The topological polar surface area (TPSA) is 125 Å². The fourth-order valence-corrected chi connectivity index (χ4v) is 3.87. The Bertz CT molecular complexity index is 1290. The Balaban J connectivity index is 1.86. The monoisotopic (exact) mass is 465 g/mol. The van der Waals surface area contributed by atoms with Crippen LogP contribution in [-0.2, 0) is 10.0 Å². The number of sulfonamides is 1. The smallest absolute Gasteiger partial charge is 0.405 e. The van der Waals surface area contributed by atoms with Crippen LogP contribution in [0.4, 0.5) is 24.5 Å². The molecule has 0 fully saturated rings. The highest BCUT2D eigenvalue weighted by atomic mass is 32.2. The molecule has 3 aromatic rings. The number of para-hydroxylation sites is 1. The fourth-order valence-electron chi connectivity index (χ4n) is 3.10. The average Bonchev–Trinajstić information content (AvgIpc) is 2.66. The summed E-state index contributed by atoms with van der Waals surface area (Å²) < 4.78 is 65.1. The van der Waals surface area contributed by atoms with E-state index in [1.807, 2.05) is 0 Å². The summed E-state index contributed by atoms with van der Waals surface area (Å²) in [5.74, 6) is -0.948. The standard InChI is InChI=1S/C21H18F3N3O4S/c1-12-10-13(6-9-19(12)32(26,29)30)20(28)27-14-7-8-15(17(25)11-14)16-4-2-3-5-18(16)31-21(22,23)24/h2-11H,25H2,1H3,(H,27,28)(H2,26,29,30). The molecular weight excluding hydrogens is 447 g/mol. The Hall–Kier alpha value is -3.57. The Morgan fingerprint density at radius 1 is 1.00 bits per heavy atom. The van der Waals surface area contributed by atoms with Crippen molar-refractivity contribution in [1.29, 1.82) is 0 Å². The molecule has 0 unspecified atom stereocenters. The summed E-state index contributed by atoms with van der Waals surface area (Å²) >= 11 is 0. The molecule has 0 saturated carbocycles. The van der Waals surface area contributed by atoms with E-state index in [4.69, 9.17) is 10.9 Å². The molecule has 0 heterocycles. The maximum atomic E-state index is 12.7. The number of hydrogen-bond donors (Lipinski definition) is 3. The third kappa shape index (κ3) is 5.37. The van der Waals surface area contributed by atoms with Gasteiger partial charge in [0.05, 0.1) is 4.90 Å². The molecule has 0 radical (unpaired) electrons. The van der Waals surface area contributed by atoms with Gasteiger partial charge in [0.15, 0.2) is 0 Å². The van der Waals surface area contributed by atoms with Crippen molar-refractivity contribution in [3.8, 4) is 16.9 Å². The van der Waals surface area contributed by atoms with Gasteiger partial charge in [-0.15, -0.1) is 13.2 Å². The number of ether oxygens (including phenoxy) is 1. The van der Waals surface area contributed by atoms with Gasteiger partial charge in [0.1, 0.15) is 5.75 Å². The molecule has 7 nitrogen and oxygen atoms in total. The number of amides is 1. The van der Waals surface area contributed by atoms with E-state index in [2.05, 4.69) is 10.1 Å². The summed E-state index contributed by atoms with van der Waals surface area (Å²) in [7, 11) is -3.92. The van der Waals surface area contributed by atoms with Crippen LogP contribution >= 0.6 is 0 Å². The number of halogens is 3. The maximum Gasteiger partial charge on any atom is 0.573 e. The van der Waals surface area contributed by atoms with Gasteiger partial charge in [-0.25, -0.2) is 13.6 Å². The number of hydrogen-bond acceptors (Lipinski definition) is 5. The summed E-state index contributed by atoms with van der Waals surface area (Å²) in [6, 6.07) is 13.8. The van der Waals surface area contributed by atoms with E-state index < -0.39 is 28.0 Å². The minimum Gasteiger partial charge on any atom is -0.405 e. The van der Waals surface area contributed by atoms with Gasteiger partial charge in [0, 0.05) is 28.1 Å². The van der Waals surface area contributed by atoms with Crippen LogP contribution in [0.2, 0.25) is 0 Å². The zero-order valence-corrected chi connectivity index (χ0v) is 17.4. The van der Waals surface area contributed by atoms with Crippen LogP contribution < -0.4 is 20.9 Å². The number of carbonyl (C=O) groups excluding carboxylic acids is 1. The quantitative estimate of drug-likeness (QED) is 0.491. The first-order valence-electron chi connectivity index (χ1n) is 9.04. The molecule has 1 amide bonds. The number of nitrogen functional groups attached to an aromatic ring is 1. The van der Waals surface area contributed by atoms with Gasteiger partial charge in [-0.2, -0.15) is 0 Å². The van der Waals surface area contributed by atoms with Crippen LogP contribution in [0.1, 0.15) is 15.9 Å². The second kappa shape index (κ2) is 8.52. The summed E-state index contributed by atoms with van der Waals surface area (Å²) in [4.78, 5) is 12.4. The van der Waals surface area contributed by atoms with Crippen molar-refractivity contribution in [2.75, 3.05) is 11.1 Å². The first-order valence-corrected chi connectivity index (χ1v) is 10.6. The molecule has 3 aromatic carbocycles. The van der Waals surface area contributed by atoms with Gasteiger partial charge < -0.3 is 15.8 Å². The molecular formula is C21H18F3N3O4S. The molecule has 0 spiro atoms. The summed E-state index contributed by atoms with van der Waals surface area (Å²) in [5.41, 5.74) is 7.33. The number of nitrogens with two attached hydrogens (primary N) is 2. The number of primary sulfonamides is 1. The molecule has 5 N–H and O–H groups in total. The van der Waals surface area contributed by atoms with E-state index in [-0.39, 0.29) is 27.3 Å². The number of alkyl halides is 3. The van der Waals surface area contributed by atoms with E-state index >= 15 is 0 Å². The first-order chi connectivity index (χ1) is 14.8. The molecule has 0 aliphatic rings. The van der Waals surface area contributed by atoms with Crippen LogP contribution in [0, 0.1) is 6.92 Å². The zero-order chi connectivity index (χ0) is 23.7. The van der Waals surface area contributed by atoms with E-state index in [1.165, 1.54) is 61.5 Å². The third-order valence-electron chi connectivity index (χ3n) is 4.46. The van der Waals surface area contributed by atoms with Crippen LogP contribution in [0.5, 0.6) is 5.75 Å². The number of anilines is 2. The second-order valence-electron chi connectivity index (χ2n) is 6.83. The first kappa shape index (κ1) is 23.1. The van der Waals surface area contributed by atoms with Crippen molar-refractivity contribution in [2.45, 2.75) is 18.2 Å². The molecule has 0 bridgehead atoms. The van der Waals surface area contributed by atoms with Crippen molar-refractivity contribution >= 4 is 27.3 Å². The minimum absolute atomic E-state index is 0.0950. The van der Waals surface area contributed by atoms with Crippen LogP contribution in [0.25, 0.3) is 11.1 Å². The van der Waals surface area contributed by atoms with E-state index in [0.29, 0.717) is 11.3 Å². The molecule has 3 rings (SSSR count). The van der Waals surface area contributed by atoms with Gasteiger partial charge in [-0.3, -0.25) is 4.79 Å². The molecule has 0 aromatic heterocycles. The van der Waals surface area contributed by atoms with Crippen LogP contribution in [0.3, 0.4) is 0 Å². The predicted octanol–water partition coefficient (Wildman–Crippen LogP) is 4.04. The highest BCUT2D eigenvalue weighted by molar-refractivity contribution is 7.89. The SMILES string of the molecule is Cc1cc(C(=O)Nc2ccc(-c3ccccc3OC(F)(F)F)c(N)c2)ccc1S(N)(=O)=O. The third-order valence-corrected chi connectivity index (χ3v) is 5.53. The van der Waals surface area contributed by atoms with Crippen molar-refractivity contribution in [1.82, 2.24) is 0 Å². The summed E-state index contributed by atoms with van der Waals surface area (Å²) in [6.45, 7) is 1.50. The highest BCUT2D eigenvalue weighted by Crippen LogP contribution is 2.37. The van der Waals surface area contributed by atoms with Crippen molar-refractivity contribution < 1.29 is 31.1 Å². The number of carbonyl (C=O) groups is 1. The maximum absolute atomic E-state index is 12.7. The Kier molecular flexibility index (Phi) is 6.15. The van der Waals surface area contributed by atoms with E-state index in [1.54, 1.807) is 6.07 Å². The normalized spacial score (nSPS) is 11.8. The lowest BCUT2D eigenvalue weighted by molar-refractivity contribution is -0.274. The molecule has 0 atom stereocenters. The number of benzene rings is 3. The van der Waals surface area contributed by atoms with Crippen molar-refractivity contribution in [3.05, 3.63) is 71.8 Å². The van der Waals surface area contributed by atoms with Crippen molar-refractivity contribution in [3.63, 3.8) is 0 Å². The molecule has 0 aliphatic carbocycles. The minimum atomic E-state index is -4.87. The molecule has 168 valence electrons. The summed E-state index contributed by atoms with van der Waals surface area (Å²) in [5, 5.41) is 7.72. The Labute approximate surface area is 181 Å². The lowest BCUT2D eigenvalue weighted by Gasteiger charge is -2.15. The highest BCUT2D eigenvalue weighted by Gasteiger charge is 2.32. The van der Waals surface area contributed by atoms with Gasteiger partial charge in [0.25, 0.3) is 5.91 Å². The lowest BCUT2D eigenvalue weighted by atomic mass is 10.0. The lowest BCUT2D eigenvalue weighted by Crippen LogP contribution is -2.17. The fraction of sp³-hybridized carbons (Fsp3) is 0.0952. The van der Waals surface area contributed by atoms with Gasteiger partial charge in [-0.1, -0.05) is 24.3 Å². The predicted molar refractivity (Wildman–Crippen MR) is 113 cm³/mol.